The Kier molecular flexibility index (Phi) is 7.23. The van der Waals surface area contributed by atoms with Crippen LogP contribution in [0.5, 0.6) is 0 Å². The van der Waals surface area contributed by atoms with Gasteiger partial charge in [0.25, 0.3) is 0 Å². The molecule has 0 unspecified atom stereocenters. The maximum absolute atomic E-state index is 12.9. The summed E-state index contributed by atoms with van der Waals surface area (Å²) < 4.78 is 65.2. The van der Waals surface area contributed by atoms with E-state index in [1.807, 2.05) is 20.8 Å². The molecule has 0 aliphatic rings. The van der Waals surface area contributed by atoms with Crippen LogP contribution in [0.1, 0.15) is 39.2 Å². The minimum absolute atomic E-state index is 0.0464. The van der Waals surface area contributed by atoms with Crippen molar-refractivity contribution in [3.05, 3.63) is 53.1 Å². The van der Waals surface area contributed by atoms with E-state index in [4.69, 9.17) is 0 Å². The van der Waals surface area contributed by atoms with E-state index >= 15 is 0 Å². The number of hydrogen-bond acceptors (Lipinski definition) is 2. The molecule has 0 radical (unpaired) electrons. The zero-order valence-electron chi connectivity index (χ0n) is 13.9. The van der Waals surface area contributed by atoms with Crippen LogP contribution in [0.4, 0.5) is 13.2 Å². The first-order valence-electron chi connectivity index (χ1n) is 7.49. The highest BCUT2D eigenvalue weighted by atomic mass is 32.2. The maximum atomic E-state index is 12.9. The minimum atomic E-state index is -4.72. The van der Waals surface area contributed by atoms with E-state index < -0.39 is 26.7 Å². The molecule has 24 heavy (non-hydrogen) atoms. The van der Waals surface area contributed by atoms with Gasteiger partial charge in [0.1, 0.15) is 0 Å². The minimum Gasteiger partial charge on any atom is -0.207 e. The van der Waals surface area contributed by atoms with Crippen LogP contribution in [-0.2, 0) is 16.2 Å². The topological polar surface area (TPSA) is 46.2 Å². The van der Waals surface area contributed by atoms with E-state index in [1.165, 1.54) is 11.6 Å². The lowest BCUT2D eigenvalue weighted by atomic mass is 10.1. The summed E-state index contributed by atoms with van der Waals surface area (Å²) in [6, 6.07) is 4.14. The Morgan fingerprint density at radius 1 is 1.12 bits per heavy atom. The predicted octanol–water partition coefficient (Wildman–Crippen LogP) is 4.68. The third-order valence-corrected chi connectivity index (χ3v) is 4.78. The summed E-state index contributed by atoms with van der Waals surface area (Å²) in [6.45, 7) is 5.79. The Morgan fingerprint density at radius 2 is 1.75 bits per heavy atom. The van der Waals surface area contributed by atoms with Crippen LogP contribution < -0.4 is 4.72 Å². The molecule has 0 saturated heterocycles. The smallest absolute Gasteiger partial charge is 0.207 e. The zero-order chi connectivity index (χ0) is 18.4. The molecular formula is C17H22F3NO2S. The molecule has 1 aromatic carbocycles. The number of alkyl halides is 3. The van der Waals surface area contributed by atoms with Crippen molar-refractivity contribution in [2.75, 3.05) is 6.54 Å². The number of sulfonamides is 1. The molecule has 1 N–H and O–H groups in total. The lowest BCUT2D eigenvalue weighted by Gasteiger charge is -2.13. The van der Waals surface area contributed by atoms with Crippen LogP contribution >= 0.6 is 0 Å². The lowest BCUT2D eigenvalue weighted by molar-refractivity contribution is -0.139. The van der Waals surface area contributed by atoms with Gasteiger partial charge in [0.05, 0.1) is 10.5 Å². The Hall–Kier alpha value is -1.60. The third-order valence-electron chi connectivity index (χ3n) is 3.30. The molecule has 0 aliphatic heterocycles. The first-order chi connectivity index (χ1) is 11.0. The fourth-order valence-electron chi connectivity index (χ4n) is 2.03. The van der Waals surface area contributed by atoms with Gasteiger partial charge in [0, 0.05) is 6.54 Å². The van der Waals surface area contributed by atoms with Gasteiger partial charge in [-0.15, -0.1) is 0 Å². The molecule has 7 heteroatoms. The van der Waals surface area contributed by atoms with Crippen molar-refractivity contribution in [2.24, 2.45) is 0 Å². The van der Waals surface area contributed by atoms with Gasteiger partial charge in [-0.05, 0) is 45.7 Å². The largest absolute Gasteiger partial charge is 0.417 e. The summed E-state index contributed by atoms with van der Waals surface area (Å²) >= 11 is 0. The lowest BCUT2D eigenvalue weighted by Crippen LogP contribution is -2.26. The first-order valence-corrected chi connectivity index (χ1v) is 8.97. The SMILES string of the molecule is CC(C)=CCC/C(C)=C/CNS(=O)(=O)c1ccccc1C(F)(F)F. The predicted molar refractivity (Wildman–Crippen MR) is 89.1 cm³/mol. The van der Waals surface area contributed by atoms with Crippen molar-refractivity contribution in [3.8, 4) is 0 Å². The fraction of sp³-hybridized carbons (Fsp3) is 0.412. The molecule has 0 heterocycles. The van der Waals surface area contributed by atoms with Crippen LogP contribution in [0, 0.1) is 0 Å². The van der Waals surface area contributed by atoms with E-state index in [2.05, 4.69) is 10.8 Å². The Balaban J connectivity index is 2.80. The van der Waals surface area contributed by atoms with Gasteiger partial charge in [-0.25, -0.2) is 13.1 Å². The molecular weight excluding hydrogens is 339 g/mol. The average Bonchev–Trinajstić information content (AvgIpc) is 2.46. The second kappa shape index (κ2) is 8.48. The molecule has 134 valence electrons. The summed E-state index contributed by atoms with van der Waals surface area (Å²) in [7, 11) is -4.23. The Morgan fingerprint density at radius 3 is 2.33 bits per heavy atom. The molecule has 0 saturated carbocycles. The maximum Gasteiger partial charge on any atom is 0.417 e. The van der Waals surface area contributed by atoms with Gasteiger partial charge in [-0.2, -0.15) is 13.2 Å². The molecule has 1 aromatic rings. The molecule has 0 fully saturated rings. The number of rotatable bonds is 7. The van der Waals surface area contributed by atoms with E-state index in [-0.39, 0.29) is 6.54 Å². The van der Waals surface area contributed by atoms with Gasteiger partial charge in [0.2, 0.25) is 10.0 Å². The van der Waals surface area contributed by atoms with Crippen molar-refractivity contribution in [1.29, 1.82) is 0 Å². The van der Waals surface area contributed by atoms with E-state index in [0.717, 1.165) is 36.6 Å². The second-order valence-electron chi connectivity index (χ2n) is 5.72. The van der Waals surface area contributed by atoms with Crippen LogP contribution in [0.15, 0.2) is 52.5 Å². The third kappa shape index (κ3) is 6.49. The van der Waals surface area contributed by atoms with E-state index in [0.29, 0.717) is 0 Å². The quantitative estimate of drug-likeness (QED) is 0.717. The number of nitrogens with one attached hydrogen (secondary N) is 1. The normalized spacial score (nSPS) is 13.0. The summed E-state index contributed by atoms with van der Waals surface area (Å²) in [5.41, 5.74) is 1.01. The van der Waals surface area contributed by atoms with Crippen molar-refractivity contribution in [1.82, 2.24) is 4.72 Å². The highest BCUT2D eigenvalue weighted by molar-refractivity contribution is 7.89. The van der Waals surface area contributed by atoms with Gasteiger partial charge < -0.3 is 0 Å². The molecule has 1 rings (SSSR count). The number of allylic oxidation sites excluding steroid dienone is 3. The van der Waals surface area contributed by atoms with Gasteiger partial charge in [-0.1, -0.05) is 35.4 Å². The molecule has 0 atom stereocenters. The van der Waals surface area contributed by atoms with E-state index in [1.54, 1.807) is 6.08 Å². The van der Waals surface area contributed by atoms with Gasteiger partial charge in [0.15, 0.2) is 0 Å². The van der Waals surface area contributed by atoms with Crippen LogP contribution in [0.25, 0.3) is 0 Å². The van der Waals surface area contributed by atoms with Crippen LogP contribution in [-0.4, -0.2) is 15.0 Å². The Bertz CT molecular complexity index is 716. The van der Waals surface area contributed by atoms with E-state index in [9.17, 15) is 21.6 Å². The molecule has 0 aliphatic carbocycles. The summed E-state index contributed by atoms with van der Waals surface area (Å²) in [5, 5.41) is 0. The van der Waals surface area contributed by atoms with Crippen molar-refractivity contribution >= 4 is 10.0 Å². The number of hydrogen-bond donors (Lipinski definition) is 1. The summed E-state index contributed by atoms with van der Waals surface area (Å²) in [5.74, 6) is 0. The molecule has 0 spiro atoms. The highest BCUT2D eigenvalue weighted by Gasteiger charge is 2.36. The van der Waals surface area contributed by atoms with Crippen LogP contribution in [0.2, 0.25) is 0 Å². The number of halogens is 3. The van der Waals surface area contributed by atoms with Crippen molar-refractivity contribution < 1.29 is 21.6 Å². The first kappa shape index (κ1) is 20.4. The van der Waals surface area contributed by atoms with Crippen molar-refractivity contribution in [3.63, 3.8) is 0 Å². The highest BCUT2D eigenvalue weighted by Crippen LogP contribution is 2.33. The summed E-state index contributed by atoms with van der Waals surface area (Å²) in [4.78, 5) is -0.756. The summed E-state index contributed by atoms with van der Waals surface area (Å²) in [6.07, 6.45) is 0.634. The molecule has 3 nitrogen and oxygen atoms in total. The van der Waals surface area contributed by atoms with Crippen molar-refractivity contribution in [2.45, 2.75) is 44.7 Å². The van der Waals surface area contributed by atoms with Gasteiger partial charge in [-0.3, -0.25) is 0 Å². The Labute approximate surface area is 141 Å². The fourth-order valence-corrected chi connectivity index (χ4v) is 3.22. The standard InChI is InChI=1S/C17H22F3NO2S/c1-13(2)7-6-8-14(3)11-12-21-24(22,23)16-10-5-4-9-15(16)17(18,19)20/h4-5,7,9-11,21H,6,8,12H2,1-3H3/b14-11+. The molecule has 0 aromatic heterocycles. The van der Waals surface area contributed by atoms with Gasteiger partial charge >= 0.3 is 6.18 Å². The average molecular weight is 361 g/mol. The molecule has 0 bridgehead atoms. The van der Waals surface area contributed by atoms with Crippen LogP contribution in [0.3, 0.4) is 0 Å². The second-order valence-corrected chi connectivity index (χ2v) is 7.45. The molecule has 0 amide bonds. The monoisotopic (exact) mass is 361 g/mol. The zero-order valence-corrected chi connectivity index (χ0v) is 14.8. The number of benzene rings is 1.